The predicted molar refractivity (Wildman–Crippen MR) is 65.7 cm³/mol. The van der Waals surface area contributed by atoms with Crippen molar-refractivity contribution in [3.63, 3.8) is 0 Å². The number of pyridine rings is 1. The highest BCUT2D eigenvalue weighted by atomic mass is 32.1. The Labute approximate surface area is 98.9 Å². The number of aryl methyl sites for hydroxylation is 2. The van der Waals surface area contributed by atoms with Crippen LogP contribution in [0.1, 0.15) is 17.9 Å². The van der Waals surface area contributed by atoms with Crippen molar-refractivity contribution in [2.75, 3.05) is 11.9 Å². The molecule has 0 saturated carbocycles. The van der Waals surface area contributed by atoms with E-state index in [1.165, 1.54) is 11.5 Å². The van der Waals surface area contributed by atoms with Crippen LogP contribution in [0.15, 0.2) is 24.4 Å². The molecule has 4 nitrogen and oxygen atoms in total. The van der Waals surface area contributed by atoms with Crippen LogP contribution in [0, 0.1) is 6.92 Å². The molecule has 2 aromatic rings. The third kappa shape index (κ3) is 3.27. The number of anilines is 1. The number of hydrogen-bond acceptors (Lipinski definition) is 5. The summed E-state index contributed by atoms with van der Waals surface area (Å²) in [6.45, 7) is 2.81. The van der Waals surface area contributed by atoms with Crippen LogP contribution < -0.4 is 5.32 Å². The van der Waals surface area contributed by atoms with E-state index in [1.807, 2.05) is 25.3 Å². The molecule has 0 aliphatic heterocycles. The smallest absolute Gasteiger partial charge is 0.202 e. The second kappa shape index (κ2) is 5.55. The fourth-order valence-corrected chi connectivity index (χ4v) is 1.98. The second-order valence-electron chi connectivity index (χ2n) is 3.50. The third-order valence-electron chi connectivity index (χ3n) is 2.14. The molecule has 0 aromatic carbocycles. The summed E-state index contributed by atoms with van der Waals surface area (Å²) < 4.78 is 4.11. The van der Waals surface area contributed by atoms with Gasteiger partial charge in [0.25, 0.3) is 0 Å². The van der Waals surface area contributed by atoms with E-state index in [2.05, 4.69) is 25.7 Å². The zero-order valence-electron chi connectivity index (χ0n) is 9.18. The minimum atomic E-state index is 0.831. The Balaban J connectivity index is 1.69. The second-order valence-corrected chi connectivity index (χ2v) is 4.25. The van der Waals surface area contributed by atoms with E-state index in [0.29, 0.717) is 0 Å². The SMILES string of the molecule is Cc1nsc(NCCCc2ccccn2)n1. The average Bonchev–Trinajstić information content (AvgIpc) is 2.72. The molecule has 2 heterocycles. The highest BCUT2D eigenvalue weighted by Crippen LogP contribution is 2.09. The standard InChI is InChI=1S/C11H14N4S/c1-9-14-11(16-15-9)13-8-4-6-10-5-2-3-7-12-10/h2-3,5,7H,4,6,8H2,1H3,(H,13,14,15). The summed E-state index contributed by atoms with van der Waals surface area (Å²) in [6, 6.07) is 6.00. The molecule has 0 amide bonds. The van der Waals surface area contributed by atoms with Crippen molar-refractivity contribution >= 4 is 16.7 Å². The number of hydrogen-bond donors (Lipinski definition) is 1. The summed E-state index contributed by atoms with van der Waals surface area (Å²) in [5.74, 6) is 0.831. The maximum atomic E-state index is 4.27. The summed E-state index contributed by atoms with van der Waals surface area (Å²) in [5.41, 5.74) is 1.14. The molecule has 2 rings (SSSR count). The van der Waals surface area contributed by atoms with Crippen LogP contribution in [0.25, 0.3) is 0 Å². The van der Waals surface area contributed by atoms with E-state index in [9.17, 15) is 0 Å². The first kappa shape index (κ1) is 11.0. The lowest BCUT2D eigenvalue weighted by molar-refractivity contribution is 0.835. The fourth-order valence-electron chi connectivity index (χ4n) is 1.38. The summed E-state index contributed by atoms with van der Waals surface area (Å²) in [5, 5.41) is 4.15. The Bertz CT molecular complexity index is 427. The van der Waals surface area contributed by atoms with Gasteiger partial charge in [-0.3, -0.25) is 4.98 Å². The molecule has 0 fully saturated rings. The maximum absolute atomic E-state index is 4.27. The highest BCUT2D eigenvalue weighted by molar-refractivity contribution is 7.09. The lowest BCUT2D eigenvalue weighted by Crippen LogP contribution is -2.03. The van der Waals surface area contributed by atoms with Crippen LogP contribution in [0.4, 0.5) is 5.13 Å². The van der Waals surface area contributed by atoms with Crippen LogP contribution in [0.5, 0.6) is 0 Å². The van der Waals surface area contributed by atoms with Crippen molar-refractivity contribution < 1.29 is 0 Å². The van der Waals surface area contributed by atoms with E-state index in [0.717, 1.165) is 36.0 Å². The maximum Gasteiger partial charge on any atom is 0.202 e. The molecule has 84 valence electrons. The summed E-state index contributed by atoms with van der Waals surface area (Å²) >= 11 is 1.41. The van der Waals surface area contributed by atoms with Crippen molar-refractivity contribution in [3.05, 3.63) is 35.9 Å². The van der Waals surface area contributed by atoms with Gasteiger partial charge in [0.05, 0.1) is 0 Å². The quantitative estimate of drug-likeness (QED) is 0.806. The molecular formula is C11H14N4S. The topological polar surface area (TPSA) is 50.7 Å². The molecule has 5 heteroatoms. The van der Waals surface area contributed by atoms with Crippen molar-refractivity contribution in [2.24, 2.45) is 0 Å². The molecular weight excluding hydrogens is 220 g/mol. The first-order valence-electron chi connectivity index (χ1n) is 5.29. The van der Waals surface area contributed by atoms with Gasteiger partial charge in [-0.05, 0) is 31.9 Å². The van der Waals surface area contributed by atoms with Crippen molar-refractivity contribution in [3.8, 4) is 0 Å². The van der Waals surface area contributed by atoms with Crippen molar-refractivity contribution in [1.82, 2.24) is 14.3 Å². The Morgan fingerprint density at radius 3 is 3.00 bits per heavy atom. The first-order chi connectivity index (χ1) is 7.84. The molecule has 1 N–H and O–H groups in total. The molecule has 16 heavy (non-hydrogen) atoms. The van der Waals surface area contributed by atoms with Gasteiger partial charge in [-0.1, -0.05) is 6.07 Å². The average molecular weight is 234 g/mol. The minimum Gasteiger partial charge on any atom is -0.360 e. The zero-order chi connectivity index (χ0) is 11.2. The first-order valence-corrected chi connectivity index (χ1v) is 6.06. The van der Waals surface area contributed by atoms with Gasteiger partial charge in [0.15, 0.2) is 0 Å². The molecule has 0 unspecified atom stereocenters. The molecule has 0 bridgehead atoms. The third-order valence-corrected chi connectivity index (χ3v) is 2.90. The van der Waals surface area contributed by atoms with Gasteiger partial charge in [-0.2, -0.15) is 4.37 Å². The fraction of sp³-hybridized carbons (Fsp3) is 0.364. The van der Waals surface area contributed by atoms with E-state index in [1.54, 1.807) is 0 Å². The molecule has 0 atom stereocenters. The Morgan fingerprint density at radius 2 is 2.31 bits per heavy atom. The highest BCUT2D eigenvalue weighted by Gasteiger charge is 1.98. The summed E-state index contributed by atoms with van der Waals surface area (Å²) in [4.78, 5) is 8.51. The molecule has 2 aromatic heterocycles. The number of nitrogens with one attached hydrogen (secondary N) is 1. The van der Waals surface area contributed by atoms with E-state index >= 15 is 0 Å². The summed E-state index contributed by atoms with van der Waals surface area (Å²) in [7, 11) is 0. The summed E-state index contributed by atoms with van der Waals surface area (Å²) in [6.07, 6.45) is 3.87. The molecule has 0 aliphatic carbocycles. The predicted octanol–water partition coefficient (Wildman–Crippen LogP) is 2.29. The van der Waals surface area contributed by atoms with Gasteiger partial charge in [-0.25, -0.2) is 4.98 Å². The lowest BCUT2D eigenvalue weighted by Gasteiger charge is -2.01. The molecule has 0 aliphatic rings. The van der Waals surface area contributed by atoms with Crippen molar-refractivity contribution in [2.45, 2.75) is 19.8 Å². The van der Waals surface area contributed by atoms with Gasteiger partial charge in [0.2, 0.25) is 5.13 Å². The van der Waals surface area contributed by atoms with Gasteiger partial charge < -0.3 is 5.32 Å². The number of nitrogens with zero attached hydrogens (tertiary/aromatic N) is 3. The zero-order valence-corrected chi connectivity index (χ0v) is 10.00. The Morgan fingerprint density at radius 1 is 1.38 bits per heavy atom. The largest absolute Gasteiger partial charge is 0.360 e. The van der Waals surface area contributed by atoms with Gasteiger partial charge in [0.1, 0.15) is 5.82 Å². The van der Waals surface area contributed by atoms with Crippen LogP contribution in [0.3, 0.4) is 0 Å². The van der Waals surface area contributed by atoms with Crippen LogP contribution in [0.2, 0.25) is 0 Å². The van der Waals surface area contributed by atoms with Gasteiger partial charge in [-0.15, -0.1) is 0 Å². The number of aromatic nitrogens is 3. The molecule has 0 spiro atoms. The van der Waals surface area contributed by atoms with E-state index in [-0.39, 0.29) is 0 Å². The van der Waals surface area contributed by atoms with Crippen LogP contribution in [-0.4, -0.2) is 20.9 Å². The minimum absolute atomic E-state index is 0.831. The Hall–Kier alpha value is -1.49. The van der Waals surface area contributed by atoms with Gasteiger partial charge in [0, 0.05) is 30.0 Å². The van der Waals surface area contributed by atoms with Gasteiger partial charge >= 0.3 is 0 Å². The van der Waals surface area contributed by atoms with Crippen molar-refractivity contribution in [1.29, 1.82) is 0 Å². The van der Waals surface area contributed by atoms with Crippen LogP contribution >= 0.6 is 11.5 Å². The molecule has 0 radical (unpaired) electrons. The normalized spacial score (nSPS) is 10.3. The number of rotatable bonds is 5. The van der Waals surface area contributed by atoms with Crippen LogP contribution in [-0.2, 0) is 6.42 Å². The van der Waals surface area contributed by atoms with E-state index in [4.69, 9.17) is 0 Å². The monoisotopic (exact) mass is 234 g/mol. The van der Waals surface area contributed by atoms with E-state index < -0.39 is 0 Å². The lowest BCUT2D eigenvalue weighted by atomic mass is 10.2. The molecule has 0 saturated heterocycles. The Kier molecular flexibility index (Phi) is 3.82.